The van der Waals surface area contributed by atoms with Crippen molar-refractivity contribution in [1.82, 2.24) is 9.71 Å². The van der Waals surface area contributed by atoms with Crippen LogP contribution in [0.1, 0.15) is 21.6 Å². The van der Waals surface area contributed by atoms with Gasteiger partial charge in [0.1, 0.15) is 11.1 Å². The fraction of sp³-hybridized carbons (Fsp3) is 0.118. The van der Waals surface area contributed by atoms with Crippen LogP contribution >= 0.6 is 23.2 Å². The van der Waals surface area contributed by atoms with Gasteiger partial charge >= 0.3 is 6.18 Å². The van der Waals surface area contributed by atoms with E-state index in [9.17, 15) is 23.2 Å². The maximum Gasteiger partial charge on any atom is 0.433 e. The number of rotatable bonds is 1. The highest BCUT2D eigenvalue weighted by molar-refractivity contribution is 6.34. The smallest absolute Gasteiger partial charge is 0.429 e. The summed E-state index contributed by atoms with van der Waals surface area (Å²) >= 11 is 11.9. The Morgan fingerprint density at radius 1 is 1.15 bits per heavy atom. The Morgan fingerprint density at radius 2 is 1.78 bits per heavy atom. The quantitative estimate of drug-likeness (QED) is 0.588. The molecular weight excluding hydrogens is 406 g/mol. The van der Waals surface area contributed by atoms with Crippen molar-refractivity contribution in [2.45, 2.75) is 13.1 Å². The molecule has 0 aliphatic rings. The number of hydrogen-bond acceptors (Lipinski definition) is 3. The second kappa shape index (κ2) is 6.86. The van der Waals surface area contributed by atoms with E-state index in [0.717, 1.165) is 18.5 Å². The molecule has 0 aliphatic carbocycles. The summed E-state index contributed by atoms with van der Waals surface area (Å²) in [5.41, 5.74) is -0.486. The lowest BCUT2D eigenvalue weighted by Crippen LogP contribution is -2.13. The number of benzene rings is 1. The van der Waals surface area contributed by atoms with E-state index in [1.165, 1.54) is 18.2 Å². The molecule has 3 rings (SSSR count). The Balaban J connectivity index is 2.19. The van der Waals surface area contributed by atoms with Crippen molar-refractivity contribution in [2.24, 2.45) is 4.99 Å². The summed E-state index contributed by atoms with van der Waals surface area (Å²) in [4.78, 5) is 20.1. The molecule has 27 heavy (non-hydrogen) atoms. The number of halogens is 5. The van der Waals surface area contributed by atoms with Gasteiger partial charge in [0.15, 0.2) is 0 Å². The predicted octanol–water partition coefficient (Wildman–Crippen LogP) is 4.65. The lowest BCUT2D eigenvalue weighted by molar-refractivity contribution is -0.140. The molecule has 1 N–H and O–H groups in total. The third-order valence-corrected chi connectivity index (χ3v) is 4.29. The largest absolute Gasteiger partial charge is 0.433 e. The molecule has 1 aromatic carbocycles. The van der Waals surface area contributed by atoms with Crippen LogP contribution in [0.25, 0.3) is 10.9 Å². The zero-order valence-corrected chi connectivity index (χ0v) is 15.1. The van der Waals surface area contributed by atoms with Crippen LogP contribution in [0.15, 0.2) is 41.7 Å². The molecule has 1 amide bonds. The van der Waals surface area contributed by atoms with Gasteiger partial charge in [-0.25, -0.2) is 9.98 Å². The van der Waals surface area contributed by atoms with E-state index in [1.807, 2.05) is 0 Å². The van der Waals surface area contributed by atoms with Gasteiger partial charge in [-0.2, -0.15) is 17.9 Å². The molecule has 0 saturated carbocycles. The van der Waals surface area contributed by atoms with Gasteiger partial charge in [0.2, 0.25) is 0 Å². The topological polar surface area (TPSA) is 67.5 Å². The van der Waals surface area contributed by atoms with Gasteiger partial charge in [-0.05, 0) is 30.7 Å². The summed E-state index contributed by atoms with van der Waals surface area (Å²) in [5, 5.41) is 9.35. The molecule has 5 nitrogen and oxygen atoms in total. The van der Waals surface area contributed by atoms with Gasteiger partial charge in [0.05, 0.1) is 33.5 Å². The fourth-order valence-corrected chi connectivity index (χ4v) is 3.01. The molecule has 10 heteroatoms. The number of pyridine rings is 2. The normalized spacial score (nSPS) is 11.6. The maximum atomic E-state index is 12.9. The van der Waals surface area contributed by atoms with Gasteiger partial charge in [0.25, 0.3) is 5.91 Å². The lowest BCUT2D eigenvalue weighted by atomic mass is 10.0. The lowest BCUT2D eigenvalue weighted by Gasteiger charge is -2.10. The molecule has 0 bridgehead atoms. The monoisotopic (exact) mass is 415 g/mol. The van der Waals surface area contributed by atoms with E-state index in [2.05, 4.69) is 9.98 Å². The average molecular weight is 416 g/mol. The zero-order chi connectivity index (χ0) is 19.9. The molecule has 3 aromatic rings. The summed E-state index contributed by atoms with van der Waals surface area (Å²) in [6, 6.07) is 4.90. The van der Waals surface area contributed by atoms with E-state index < -0.39 is 17.8 Å². The maximum absolute atomic E-state index is 12.9. The molecule has 0 radical (unpaired) electrons. The number of aryl methyl sites for hydroxylation is 1. The molecule has 0 aliphatic heterocycles. The van der Waals surface area contributed by atoms with Gasteiger partial charge in [-0.15, -0.1) is 0 Å². The Bertz CT molecular complexity index is 1110. The number of fused-ring (bicyclic) bond motifs is 1. The predicted molar refractivity (Wildman–Crippen MR) is 93.0 cm³/mol. The van der Waals surface area contributed by atoms with E-state index in [1.54, 1.807) is 6.92 Å². The minimum absolute atomic E-state index is 0.0457. The van der Waals surface area contributed by atoms with E-state index in [4.69, 9.17) is 23.2 Å². The molecule has 140 valence electrons. The van der Waals surface area contributed by atoms with E-state index in [0.29, 0.717) is 10.3 Å². The standard InChI is InChI=1S/C17H10Cl2F3N3O2/c1-8-2-3-10(9-4-5-13(17(20,21)22)23-14(8)9)16(26)24-15-11(18)6-25(27)7-12(15)19/h2-7,27H,1H3. The Hall–Kier alpha value is -2.58. The van der Waals surface area contributed by atoms with Crippen LogP contribution in [0.4, 0.5) is 13.2 Å². The number of carbonyl (C=O) groups is 1. The Morgan fingerprint density at radius 3 is 2.37 bits per heavy atom. The van der Waals surface area contributed by atoms with E-state index >= 15 is 0 Å². The second-order valence-corrected chi connectivity index (χ2v) is 6.43. The van der Waals surface area contributed by atoms with Crippen LogP contribution in [0.5, 0.6) is 0 Å². The van der Waals surface area contributed by atoms with Crippen molar-refractivity contribution < 1.29 is 23.2 Å². The molecule has 0 unspecified atom stereocenters. The molecule has 0 spiro atoms. The molecule has 0 atom stereocenters. The molecule has 0 saturated heterocycles. The first-order chi connectivity index (χ1) is 12.6. The highest BCUT2D eigenvalue weighted by atomic mass is 35.5. The Kier molecular flexibility index (Phi) is 4.88. The van der Waals surface area contributed by atoms with Gasteiger partial charge in [-0.3, -0.25) is 4.79 Å². The first kappa shape index (κ1) is 19.2. The van der Waals surface area contributed by atoms with Crippen molar-refractivity contribution in [3.8, 4) is 0 Å². The zero-order valence-electron chi connectivity index (χ0n) is 13.6. The van der Waals surface area contributed by atoms with Crippen LogP contribution in [0.2, 0.25) is 10.0 Å². The number of aromatic nitrogens is 2. The number of alkyl halides is 3. The third kappa shape index (κ3) is 3.77. The summed E-state index contributed by atoms with van der Waals surface area (Å²) in [5.74, 6) is -0.763. The SMILES string of the molecule is Cc1ccc(C(=O)N=c2c(Cl)cn(O)cc2Cl)c2ccc(C(F)(F)F)nc12. The number of nitrogens with zero attached hydrogens (tertiary/aromatic N) is 3. The number of carbonyl (C=O) groups excluding carboxylic acids is 1. The molecular formula is C17H10Cl2F3N3O2. The Labute approximate surface area is 160 Å². The van der Waals surface area contributed by atoms with Crippen LogP contribution in [-0.2, 0) is 6.18 Å². The minimum Gasteiger partial charge on any atom is -0.429 e. The summed E-state index contributed by atoms with van der Waals surface area (Å²) in [6.45, 7) is 1.59. The summed E-state index contributed by atoms with van der Waals surface area (Å²) < 4.78 is 39.4. The minimum atomic E-state index is -4.60. The van der Waals surface area contributed by atoms with Crippen molar-refractivity contribution in [1.29, 1.82) is 0 Å². The van der Waals surface area contributed by atoms with E-state index in [-0.39, 0.29) is 31.9 Å². The van der Waals surface area contributed by atoms with Crippen molar-refractivity contribution in [3.63, 3.8) is 0 Å². The van der Waals surface area contributed by atoms with Crippen LogP contribution < -0.4 is 5.36 Å². The number of hydrogen-bond donors (Lipinski definition) is 1. The second-order valence-electron chi connectivity index (χ2n) is 5.62. The average Bonchev–Trinajstić information content (AvgIpc) is 2.57. The highest BCUT2D eigenvalue weighted by Crippen LogP contribution is 2.31. The summed E-state index contributed by atoms with van der Waals surface area (Å²) in [7, 11) is 0. The van der Waals surface area contributed by atoms with Crippen molar-refractivity contribution in [2.75, 3.05) is 0 Å². The fourth-order valence-electron chi connectivity index (χ4n) is 2.47. The van der Waals surface area contributed by atoms with Crippen LogP contribution in [0, 0.1) is 6.92 Å². The first-order valence-electron chi connectivity index (χ1n) is 7.41. The van der Waals surface area contributed by atoms with Gasteiger partial charge in [0, 0.05) is 5.39 Å². The molecule has 2 heterocycles. The number of amides is 1. The van der Waals surface area contributed by atoms with Crippen molar-refractivity contribution in [3.05, 3.63) is 68.9 Å². The van der Waals surface area contributed by atoms with Crippen LogP contribution in [0.3, 0.4) is 0 Å². The third-order valence-electron chi connectivity index (χ3n) is 3.74. The van der Waals surface area contributed by atoms with Crippen LogP contribution in [-0.4, -0.2) is 20.8 Å². The van der Waals surface area contributed by atoms with Gasteiger partial charge in [-0.1, -0.05) is 29.3 Å². The summed E-state index contributed by atoms with van der Waals surface area (Å²) in [6.07, 6.45) is -2.43. The molecule has 2 aromatic heterocycles. The molecule has 0 fully saturated rings. The first-order valence-corrected chi connectivity index (χ1v) is 8.16. The highest BCUT2D eigenvalue weighted by Gasteiger charge is 2.32. The van der Waals surface area contributed by atoms with Gasteiger partial charge < -0.3 is 5.21 Å². The van der Waals surface area contributed by atoms with Crippen molar-refractivity contribution >= 4 is 40.0 Å².